The van der Waals surface area contributed by atoms with Gasteiger partial charge in [-0.2, -0.15) is 8.42 Å². The van der Waals surface area contributed by atoms with Crippen molar-refractivity contribution < 1.29 is 17.8 Å². The van der Waals surface area contributed by atoms with Crippen molar-refractivity contribution in [3.05, 3.63) is 86.2 Å². The van der Waals surface area contributed by atoms with Crippen LogP contribution in [-0.2, 0) is 10.3 Å². The number of rotatable bonds is 5. The van der Waals surface area contributed by atoms with E-state index in [1.54, 1.807) is 12.1 Å². The lowest BCUT2D eigenvalue weighted by molar-refractivity contribution is 0.0987. The van der Waals surface area contributed by atoms with Crippen molar-refractivity contribution >= 4 is 44.9 Å². The van der Waals surface area contributed by atoms with Gasteiger partial charge in [0.25, 0.3) is 11.5 Å². The Hall–Kier alpha value is -3.45. The highest BCUT2D eigenvalue weighted by Crippen LogP contribution is 2.27. The third-order valence-corrected chi connectivity index (χ3v) is 4.99. The highest BCUT2D eigenvalue weighted by Gasteiger charge is 2.26. The van der Waals surface area contributed by atoms with E-state index in [2.05, 4.69) is 4.98 Å². The van der Waals surface area contributed by atoms with Crippen molar-refractivity contribution in [1.82, 2.24) is 9.97 Å². The summed E-state index contributed by atoms with van der Waals surface area (Å²) in [5.74, 6) is 5.13. The molecule has 1 heterocycles. The van der Waals surface area contributed by atoms with Crippen LogP contribution in [0.1, 0.15) is 10.4 Å². The molecule has 0 radical (unpaired) electrons. The van der Waals surface area contributed by atoms with Crippen LogP contribution >= 0.6 is 11.6 Å². The molecule has 0 aliphatic rings. The summed E-state index contributed by atoms with van der Waals surface area (Å²) in [4.78, 5) is 40.0. The molecule has 0 spiro atoms. The molecule has 30 heavy (non-hydrogen) atoms. The first-order chi connectivity index (χ1) is 14.1. The van der Waals surface area contributed by atoms with Crippen molar-refractivity contribution in [2.75, 3.05) is 9.31 Å². The summed E-state index contributed by atoms with van der Waals surface area (Å²) in [6.07, 6.45) is 0.810. The minimum Gasteiger partial charge on any atom is -0.312 e. The molecule has 0 aliphatic heterocycles. The highest BCUT2D eigenvalue weighted by atomic mass is 35.5. The Morgan fingerprint density at radius 1 is 1.07 bits per heavy atom. The number of carbonyl (C=O) groups excluding carboxylic acids is 1. The number of anilines is 3. The number of hydrogen-bond donors (Lipinski definition) is 4. The summed E-state index contributed by atoms with van der Waals surface area (Å²) in [7, 11) is -5.01. The molecule has 13 heteroatoms. The Balaban J connectivity index is 2.06. The van der Waals surface area contributed by atoms with Crippen LogP contribution < -0.4 is 26.4 Å². The second-order valence-corrected chi connectivity index (χ2v) is 7.60. The lowest BCUT2D eigenvalue weighted by Crippen LogP contribution is -2.37. The number of halogens is 1. The predicted octanol–water partition coefficient (Wildman–Crippen LogP) is 1.18. The van der Waals surface area contributed by atoms with E-state index in [-0.39, 0.29) is 21.2 Å². The minimum absolute atomic E-state index is 0.0514. The Kier molecular flexibility index (Phi) is 5.75. The van der Waals surface area contributed by atoms with E-state index in [9.17, 15) is 27.4 Å². The van der Waals surface area contributed by atoms with E-state index in [0.29, 0.717) is 5.02 Å². The molecule has 0 fully saturated rings. The lowest BCUT2D eigenvalue weighted by Gasteiger charge is -2.21. The largest absolute Gasteiger partial charge is 0.364 e. The van der Waals surface area contributed by atoms with E-state index in [0.717, 1.165) is 17.3 Å². The van der Waals surface area contributed by atoms with Gasteiger partial charge in [0.05, 0.1) is 11.4 Å². The fraction of sp³-hybridized carbons (Fsp3) is 0. The van der Waals surface area contributed by atoms with Gasteiger partial charge >= 0.3 is 16.0 Å². The zero-order valence-corrected chi connectivity index (χ0v) is 16.5. The smallest absolute Gasteiger partial charge is 0.312 e. The average molecular weight is 452 g/mol. The predicted molar refractivity (Wildman–Crippen MR) is 110 cm³/mol. The minimum atomic E-state index is -5.01. The van der Waals surface area contributed by atoms with Crippen LogP contribution in [0.2, 0.25) is 5.02 Å². The molecule has 5 N–H and O–H groups in total. The molecule has 1 amide bonds. The van der Waals surface area contributed by atoms with Gasteiger partial charge in [-0.3, -0.25) is 19.1 Å². The third-order valence-electron chi connectivity index (χ3n) is 3.88. The summed E-state index contributed by atoms with van der Waals surface area (Å²) in [5.41, 5.74) is -2.57. The molecule has 11 nitrogen and oxygen atoms in total. The number of hydrazine groups is 1. The maximum atomic E-state index is 12.7. The monoisotopic (exact) mass is 451 g/mol. The van der Waals surface area contributed by atoms with Crippen LogP contribution in [0.25, 0.3) is 0 Å². The Labute approximate surface area is 174 Å². The number of nitrogens with zero attached hydrogens (tertiary/aromatic N) is 2. The molecule has 3 rings (SSSR count). The molecule has 0 aliphatic carbocycles. The fourth-order valence-electron chi connectivity index (χ4n) is 2.60. The summed E-state index contributed by atoms with van der Waals surface area (Å²) < 4.78 is 33.8. The second kappa shape index (κ2) is 8.12. The van der Waals surface area contributed by atoms with Gasteiger partial charge in [0.15, 0.2) is 0 Å². The number of nitrogens with one attached hydrogen (secondary N) is 2. The molecule has 2 aromatic carbocycles. The maximum absolute atomic E-state index is 12.7. The van der Waals surface area contributed by atoms with E-state index in [4.69, 9.17) is 17.4 Å². The molecule has 0 bridgehead atoms. The Morgan fingerprint density at radius 3 is 2.37 bits per heavy atom. The number of benzene rings is 2. The van der Waals surface area contributed by atoms with Crippen molar-refractivity contribution in [2.24, 2.45) is 5.84 Å². The SMILES string of the molecule is NN(C(=O)c1cccc(N(c2c[nH]c(=O)[nH]c2=O)S(=O)(=O)O)c1)c1cccc(Cl)c1. The van der Waals surface area contributed by atoms with Crippen molar-refractivity contribution in [3.8, 4) is 0 Å². The molecule has 3 aromatic rings. The standard InChI is InChI=1S/C17H14ClN5O6S/c18-11-4-2-5-12(8-11)22(19)16(25)10-3-1-6-13(7-10)23(30(27,28)29)14-9-20-17(26)21-15(14)24/h1-9H,19H2,(H,27,28,29)(H2,20,21,24,26). The van der Waals surface area contributed by atoms with Gasteiger partial charge in [0.1, 0.15) is 5.69 Å². The first-order valence-electron chi connectivity index (χ1n) is 8.12. The van der Waals surface area contributed by atoms with Crippen LogP contribution in [0.3, 0.4) is 0 Å². The summed E-state index contributed by atoms with van der Waals surface area (Å²) in [6.45, 7) is 0. The first-order valence-corrected chi connectivity index (χ1v) is 9.90. The Bertz CT molecular complexity index is 1340. The number of hydrogen-bond acceptors (Lipinski definition) is 6. The normalized spacial score (nSPS) is 11.2. The van der Waals surface area contributed by atoms with Crippen molar-refractivity contribution in [2.45, 2.75) is 0 Å². The molecule has 156 valence electrons. The van der Waals surface area contributed by atoms with E-state index in [1.807, 2.05) is 4.98 Å². The first kappa shape index (κ1) is 21.3. The third kappa shape index (κ3) is 4.41. The molecule has 0 saturated heterocycles. The van der Waals surface area contributed by atoms with Crippen LogP contribution in [0.5, 0.6) is 0 Å². The van der Waals surface area contributed by atoms with Gasteiger partial charge in [-0.1, -0.05) is 23.7 Å². The molecule has 0 atom stereocenters. The van der Waals surface area contributed by atoms with E-state index in [1.165, 1.54) is 30.3 Å². The average Bonchev–Trinajstić information content (AvgIpc) is 2.68. The van der Waals surface area contributed by atoms with Gasteiger partial charge in [0.2, 0.25) is 0 Å². The van der Waals surface area contributed by atoms with Crippen LogP contribution in [0, 0.1) is 0 Å². The quantitative estimate of drug-likeness (QED) is 0.195. The molecular weight excluding hydrogens is 438 g/mol. The van der Waals surface area contributed by atoms with Crippen LogP contribution in [0.4, 0.5) is 17.1 Å². The van der Waals surface area contributed by atoms with Crippen LogP contribution in [-0.4, -0.2) is 28.8 Å². The summed E-state index contributed by atoms with van der Waals surface area (Å²) >= 11 is 5.90. The van der Waals surface area contributed by atoms with E-state index >= 15 is 0 Å². The van der Waals surface area contributed by atoms with Gasteiger partial charge in [-0.15, -0.1) is 0 Å². The lowest BCUT2D eigenvalue weighted by atomic mass is 10.1. The number of H-pyrrole nitrogens is 2. The zero-order chi connectivity index (χ0) is 22.1. The maximum Gasteiger partial charge on any atom is 0.364 e. The van der Waals surface area contributed by atoms with Crippen molar-refractivity contribution in [3.63, 3.8) is 0 Å². The van der Waals surface area contributed by atoms with E-state index < -0.39 is 33.1 Å². The van der Waals surface area contributed by atoms with Gasteiger partial charge < -0.3 is 4.98 Å². The number of aromatic nitrogens is 2. The topological polar surface area (TPSA) is 170 Å². The number of nitrogens with two attached hydrogens (primary N) is 1. The number of aromatic amines is 2. The summed E-state index contributed by atoms with van der Waals surface area (Å²) in [5, 5.41) is 1.15. The highest BCUT2D eigenvalue weighted by molar-refractivity contribution is 7.87. The zero-order valence-electron chi connectivity index (χ0n) is 14.9. The number of amides is 1. The van der Waals surface area contributed by atoms with Crippen molar-refractivity contribution in [1.29, 1.82) is 0 Å². The molecule has 0 unspecified atom stereocenters. The van der Waals surface area contributed by atoms with Gasteiger partial charge in [-0.05, 0) is 36.4 Å². The van der Waals surface area contributed by atoms with Gasteiger partial charge in [0, 0.05) is 16.8 Å². The Morgan fingerprint density at radius 2 is 1.73 bits per heavy atom. The fourth-order valence-corrected chi connectivity index (χ4v) is 3.55. The number of carbonyl (C=O) groups is 1. The van der Waals surface area contributed by atoms with Gasteiger partial charge in [-0.25, -0.2) is 20.0 Å². The molecule has 1 aromatic heterocycles. The summed E-state index contributed by atoms with van der Waals surface area (Å²) in [6, 6.07) is 11.2. The van der Waals surface area contributed by atoms with Crippen LogP contribution in [0.15, 0.2) is 64.3 Å². The molecule has 0 saturated carbocycles. The molecular formula is C17H14ClN5O6S. The second-order valence-electron chi connectivity index (χ2n) is 5.90.